The molecule has 1 amide bonds. The highest BCUT2D eigenvalue weighted by atomic mass is 16.6. The highest BCUT2D eigenvalue weighted by Gasteiger charge is 2.18. The number of benzene rings is 2. The number of amides is 1. The van der Waals surface area contributed by atoms with Gasteiger partial charge in [0.2, 0.25) is 0 Å². The zero-order valence-electron chi connectivity index (χ0n) is 12.8. The molecule has 0 radical (unpaired) electrons. The van der Waals surface area contributed by atoms with Crippen molar-refractivity contribution < 1.29 is 19.4 Å². The van der Waals surface area contributed by atoms with E-state index in [1.165, 1.54) is 50.4 Å². The van der Waals surface area contributed by atoms with Crippen LogP contribution in [0.25, 0.3) is 0 Å². The fourth-order valence-electron chi connectivity index (χ4n) is 2.12. The van der Waals surface area contributed by atoms with Crippen LogP contribution in [0, 0.1) is 27.2 Å². The molecule has 24 heavy (non-hydrogen) atoms. The summed E-state index contributed by atoms with van der Waals surface area (Å²) in [7, 11) is 1.31. The summed E-state index contributed by atoms with van der Waals surface area (Å²) in [5.74, 6) is -0.461. The Hall–Kier alpha value is -3.49. The van der Waals surface area contributed by atoms with Crippen LogP contribution in [0.1, 0.15) is 15.9 Å². The van der Waals surface area contributed by atoms with Gasteiger partial charge in [-0.05, 0) is 31.2 Å². The highest BCUT2D eigenvalue weighted by molar-refractivity contribution is 6.04. The molecular weight excluding hydrogens is 318 g/mol. The van der Waals surface area contributed by atoms with E-state index in [-0.39, 0.29) is 28.4 Å². The quantitative estimate of drug-likeness (QED) is 0.663. The molecule has 0 bridgehead atoms. The molecule has 0 aliphatic carbocycles. The number of hydrogen-bond donors (Lipinski definition) is 1. The van der Waals surface area contributed by atoms with E-state index in [0.717, 1.165) is 0 Å². The van der Waals surface area contributed by atoms with Gasteiger partial charge in [0.25, 0.3) is 11.6 Å². The molecule has 2 rings (SSSR count). The van der Waals surface area contributed by atoms with Gasteiger partial charge in [-0.2, -0.15) is 0 Å². The fraction of sp³-hybridized carbons (Fsp3) is 0.133. The summed E-state index contributed by atoms with van der Waals surface area (Å²) in [6.07, 6.45) is 0. The molecule has 0 aliphatic rings. The average Bonchev–Trinajstić information content (AvgIpc) is 2.54. The topological polar surface area (TPSA) is 125 Å². The van der Waals surface area contributed by atoms with E-state index in [9.17, 15) is 25.0 Å². The maximum Gasteiger partial charge on any atom is 0.312 e. The minimum Gasteiger partial charge on any atom is -0.490 e. The van der Waals surface area contributed by atoms with Gasteiger partial charge in [-0.3, -0.25) is 25.0 Å². The van der Waals surface area contributed by atoms with Crippen molar-refractivity contribution in [1.82, 2.24) is 0 Å². The Morgan fingerprint density at radius 2 is 1.71 bits per heavy atom. The van der Waals surface area contributed by atoms with Gasteiger partial charge in [0.15, 0.2) is 5.75 Å². The molecule has 0 heterocycles. The lowest BCUT2D eigenvalue weighted by molar-refractivity contribution is -0.385. The van der Waals surface area contributed by atoms with Crippen LogP contribution in [0.4, 0.5) is 17.1 Å². The number of nitrogens with zero attached hydrogens (tertiary/aromatic N) is 2. The molecule has 0 aromatic heterocycles. The smallest absolute Gasteiger partial charge is 0.312 e. The van der Waals surface area contributed by atoms with Crippen LogP contribution in [-0.4, -0.2) is 22.9 Å². The molecule has 0 aliphatic heterocycles. The third-order valence-corrected chi connectivity index (χ3v) is 3.29. The Labute approximate surface area is 136 Å². The number of ether oxygens (including phenoxy) is 1. The third kappa shape index (κ3) is 3.46. The minimum absolute atomic E-state index is 0.0733. The number of carbonyl (C=O) groups is 1. The first-order valence-electron chi connectivity index (χ1n) is 6.72. The second-order valence-corrected chi connectivity index (χ2v) is 4.86. The number of rotatable bonds is 5. The Morgan fingerprint density at radius 1 is 1.04 bits per heavy atom. The van der Waals surface area contributed by atoms with Crippen molar-refractivity contribution in [2.45, 2.75) is 6.92 Å². The molecule has 2 aromatic rings. The highest BCUT2D eigenvalue weighted by Crippen LogP contribution is 2.30. The van der Waals surface area contributed by atoms with Crippen LogP contribution in [0.5, 0.6) is 5.75 Å². The molecule has 2 aromatic carbocycles. The monoisotopic (exact) mass is 331 g/mol. The Morgan fingerprint density at radius 3 is 2.25 bits per heavy atom. The van der Waals surface area contributed by atoms with E-state index in [1.54, 1.807) is 0 Å². The van der Waals surface area contributed by atoms with Crippen molar-refractivity contribution in [2.24, 2.45) is 0 Å². The summed E-state index contributed by atoms with van der Waals surface area (Å²) < 4.78 is 4.88. The van der Waals surface area contributed by atoms with Crippen LogP contribution in [0.15, 0.2) is 36.4 Å². The number of hydrogen-bond acceptors (Lipinski definition) is 6. The van der Waals surface area contributed by atoms with E-state index < -0.39 is 15.8 Å². The Balaban J connectivity index is 2.27. The van der Waals surface area contributed by atoms with Crippen molar-refractivity contribution in [3.63, 3.8) is 0 Å². The summed E-state index contributed by atoms with van der Waals surface area (Å²) >= 11 is 0. The molecule has 9 heteroatoms. The van der Waals surface area contributed by atoms with E-state index >= 15 is 0 Å². The van der Waals surface area contributed by atoms with Gasteiger partial charge in [-0.1, -0.05) is 0 Å². The van der Waals surface area contributed by atoms with Crippen LogP contribution in [-0.2, 0) is 0 Å². The molecule has 0 atom stereocenters. The van der Waals surface area contributed by atoms with Gasteiger partial charge >= 0.3 is 5.69 Å². The lowest BCUT2D eigenvalue weighted by Crippen LogP contribution is -2.12. The van der Waals surface area contributed by atoms with Gasteiger partial charge < -0.3 is 10.1 Å². The number of methoxy groups -OCH3 is 1. The van der Waals surface area contributed by atoms with E-state index in [4.69, 9.17) is 4.74 Å². The van der Waals surface area contributed by atoms with Gasteiger partial charge in [0, 0.05) is 28.9 Å². The lowest BCUT2D eigenvalue weighted by Gasteiger charge is -2.08. The summed E-state index contributed by atoms with van der Waals surface area (Å²) in [6, 6.07) is 7.94. The predicted molar refractivity (Wildman–Crippen MR) is 85.4 cm³/mol. The van der Waals surface area contributed by atoms with E-state index in [2.05, 4.69) is 5.32 Å². The molecule has 0 unspecified atom stereocenters. The van der Waals surface area contributed by atoms with Gasteiger partial charge in [-0.15, -0.1) is 0 Å². The Kier molecular flexibility index (Phi) is 4.73. The van der Waals surface area contributed by atoms with Gasteiger partial charge in [0.05, 0.1) is 17.0 Å². The SMILES string of the molecule is COc1ccc(NC(=O)c2ccc([N+](=O)[O-])c(C)c2)cc1[N+](=O)[O-]. The van der Waals surface area contributed by atoms with E-state index in [0.29, 0.717) is 5.56 Å². The standard InChI is InChI=1S/C15H13N3O6/c1-9-7-10(3-5-12(9)17(20)21)15(19)16-11-4-6-14(24-2)13(8-11)18(22)23/h3-8H,1-2H3,(H,16,19). The maximum atomic E-state index is 12.2. The molecular formula is C15H13N3O6. The van der Waals surface area contributed by atoms with Gasteiger partial charge in [-0.25, -0.2) is 0 Å². The first-order chi connectivity index (χ1) is 11.3. The predicted octanol–water partition coefficient (Wildman–Crippen LogP) is 3.07. The van der Waals surface area contributed by atoms with Crippen molar-refractivity contribution in [1.29, 1.82) is 0 Å². The summed E-state index contributed by atoms with van der Waals surface area (Å²) in [6.45, 7) is 1.52. The zero-order valence-corrected chi connectivity index (χ0v) is 12.8. The number of nitro groups is 2. The molecule has 9 nitrogen and oxygen atoms in total. The first-order valence-corrected chi connectivity index (χ1v) is 6.72. The largest absolute Gasteiger partial charge is 0.490 e. The average molecular weight is 331 g/mol. The van der Waals surface area contributed by atoms with Crippen LogP contribution >= 0.6 is 0 Å². The van der Waals surface area contributed by atoms with Gasteiger partial charge in [0.1, 0.15) is 0 Å². The number of aryl methyl sites for hydroxylation is 1. The van der Waals surface area contributed by atoms with Crippen molar-refractivity contribution in [3.8, 4) is 5.75 Å². The first kappa shape index (κ1) is 16.9. The maximum absolute atomic E-state index is 12.2. The number of anilines is 1. The molecule has 1 N–H and O–H groups in total. The normalized spacial score (nSPS) is 10.1. The second kappa shape index (κ2) is 6.73. The van der Waals surface area contributed by atoms with E-state index in [1.807, 2.05) is 0 Å². The van der Waals surface area contributed by atoms with Crippen LogP contribution in [0.2, 0.25) is 0 Å². The summed E-state index contributed by atoms with van der Waals surface area (Å²) in [5.41, 5.74) is 0.384. The molecule has 0 fully saturated rings. The summed E-state index contributed by atoms with van der Waals surface area (Å²) in [5, 5.41) is 24.3. The molecule has 0 spiro atoms. The van der Waals surface area contributed by atoms with Crippen molar-refractivity contribution >= 4 is 23.0 Å². The molecule has 124 valence electrons. The molecule has 0 saturated carbocycles. The number of carbonyl (C=O) groups excluding carboxylic acids is 1. The minimum atomic E-state index is -0.621. The number of nitro benzene ring substituents is 2. The second-order valence-electron chi connectivity index (χ2n) is 4.86. The van der Waals surface area contributed by atoms with Crippen molar-refractivity contribution in [3.05, 3.63) is 67.8 Å². The zero-order chi connectivity index (χ0) is 17.9. The Bertz CT molecular complexity index is 834. The van der Waals surface area contributed by atoms with Crippen LogP contribution in [0.3, 0.4) is 0 Å². The number of nitrogens with one attached hydrogen (secondary N) is 1. The lowest BCUT2D eigenvalue weighted by atomic mass is 10.1. The van der Waals surface area contributed by atoms with Crippen LogP contribution < -0.4 is 10.1 Å². The summed E-state index contributed by atoms with van der Waals surface area (Å²) in [4.78, 5) is 32.8. The third-order valence-electron chi connectivity index (χ3n) is 3.29. The molecule has 0 saturated heterocycles. The fourth-order valence-corrected chi connectivity index (χ4v) is 2.12. The van der Waals surface area contributed by atoms with Crippen molar-refractivity contribution in [2.75, 3.05) is 12.4 Å².